The van der Waals surface area contributed by atoms with Crippen LogP contribution in [0.2, 0.25) is 0 Å². The molecule has 2 N–H and O–H groups in total. The summed E-state index contributed by atoms with van der Waals surface area (Å²) in [5.74, 6) is 0.554. The molecule has 8 nitrogen and oxygen atoms in total. The number of anilines is 1. The molecule has 3 heterocycles. The molecule has 8 heteroatoms. The third-order valence-electron chi connectivity index (χ3n) is 6.40. The SMILES string of the molecule is CN(C)c1ncc(-c2ccc(C(N)=O)cc2)c(C2CCCN(C(=O)CN3CCCC3)C2)n1. The average Bonchev–Trinajstić information content (AvgIpc) is 3.32. The molecule has 0 radical (unpaired) electrons. The van der Waals surface area contributed by atoms with Crippen LogP contribution in [-0.4, -0.2) is 78.4 Å². The molecule has 170 valence electrons. The highest BCUT2D eigenvalue weighted by Crippen LogP contribution is 2.34. The van der Waals surface area contributed by atoms with Crippen LogP contribution in [0.25, 0.3) is 11.1 Å². The quantitative estimate of drug-likeness (QED) is 0.745. The first-order valence-electron chi connectivity index (χ1n) is 11.4. The Labute approximate surface area is 189 Å². The Morgan fingerprint density at radius 1 is 1.09 bits per heavy atom. The number of carbonyl (C=O) groups is 2. The largest absolute Gasteiger partial charge is 0.366 e. The summed E-state index contributed by atoms with van der Waals surface area (Å²) in [5.41, 5.74) is 8.69. The first-order chi connectivity index (χ1) is 15.4. The van der Waals surface area contributed by atoms with E-state index in [4.69, 9.17) is 10.7 Å². The number of benzene rings is 1. The van der Waals surface area contributed by atoms with Crippen molar-refractivity contribution in [3.05, 3.63) is 41.7 Å². The summed E-state index contributed by atoms with van der Waals surface area (Å²) in [6.07, 6.45) is 6.15. The number of nitrogens with zero attached hydrogens (tertiary/aromatic N) is 5. The van der Waals surface area contributed by atoms with Crippen molar-refractivity contribution in [3.63, 3.8) is 0 Å². The molecule has 0 saturated carbocycles. The van der Waals surface area contributed by atoms with Gasteiger partial charge in [0.2, 0.25) is 17.8 Å². The second kappa shape index (κ2) is 9.65. The zero-order valence-corrected chi connectivity index (χ0v) is 19.0. The number of primary amides is 1. The monoisotopic (exact) mass is 436 g/mol. The molecule has 2 amide bonds. The van der Waals surface area contributed by atoms with E-state index in [0.29, 0.717) is 24.6 Å². The number of carbonyl (C=O) groups excluding carboxylic acids is 2. The van der Waals surface area contributed by atoms with Crippen LogP contribution in [0.5, 0.6) is 0 Å². The van der Waals surface area contributed by atoms with Crippen LogP contribution in [0.3, 0.4) is 0 Å². The summed E-state index contributed by atoms with van der Waals surface area (Å²) >= 11 is 0. The van der Waals surface area contributed by atoms with Gasteiger partial charge in [0.25, 0.3) is 0 Å². The Hall–Kier alpha value is -3.00. The first kappa shape index (κ1) is 22.2. The molecular formula is C24H32N6O2. The number of rotatable bonds is 6. The third kappa shape index (κ3) is 4.91. The summed E-state index contributed by atoms with van der Waals surface area (Å²) < 4.78 is 0. The van der Waals surface area contributed by atoms with E-state index in [1.807, 2.05) is 42.2 Å². The number of nitrogens with two attached hydrogens (primary N) is 1. The third-order valence-corrected chi connectivity index (χ3v) is 6.40. The number of likely N-dealkylation sites (tertiary alicyclic amines) is 2. The maximum atomic E-state index is 13.0. The number of hydrogen-bond acceptors (Lipinski definition) is 6. The molecule has 0 bridgehead atoms. The van der Waals surface area contributed by atoms with Gasteiger partial charge in [-0.25, -0.2) is 9.97 Å². The highest BCUT2D eigenvalue weighted by atomic mass is 16.2. The zero-order chi connectivity index (χ0) is 22.7. The molecule has 1 unspecified atom stereocenters. The molecule has 1 aromatic carbocycles. The van der Waals surface area contributed by atoms with Crippen LogP contribution in [0.4, 0.5) is 5.95 Å². The van der Waals surface area contributed by atoms with Crippen molar-refractivity contribution < 1.29 is 9.59 Å². The fourth-order valence-electron chi connectivity index (χ4n) is 4.61. The molecule has 1 atom stereocenters. The van der Waals surface area contributed by atoms with Gasteiger partial charge < -0.3 is 15.5 Å². The fourth-order valence-corrected chi connectivity index (χ4v) is 4.61. The standard InChI is InChI=1S/C24H32N6O2/c1-28(2)24-26-14-20(17-7-9-18(10-8-17)23(25)32)22(27-24)19-6-5-13-30(15-19)21(31)16-29-11-3-4-12-29/h7-10,14,19H,3-6,11-13,15-16H2,1-2H3,(H2,25,32). The van der Waals surface area contributed by atoms with Crippen LogP contribution in [-0.2, 0) is 4.79 Å². The minimum absolute atomic E-state index is 0.138. The van der Waals surface area contributed by atoms with Crippen molar-refractivity contribution in [1.82, 2.24) is 19.8 Å². The van der Waals surface area contributed by atoms with Gasteiger partial charge in [-0.15, -0.1) is 0 Å². The number of amides is 2. The Bertz CT molecular complexity index is 969. The minimum atomic E-state index is -0.449. The van der Waals surface area contributed by atoms with Gasteiger partial charge in [0.05, 0.1) is 12.2 Å². The molecule has 1 aromatic heterocycles. The van der Waals surface area contributed by atoms with E-state index in [1.165, 1.54) is 12.8 Å². The number of hydrogen-bond donors (Lipinski definition) is 1. The van der Waals surface area contributed by atoms with Gasteiger partial charge in [0.15, 0.2) is 0 Å². The van der Waals surface area contributed by atoms with E-state index in [0.717, 1.165) is 49.3 Å². The van der Waals surface area contributed by atoms with Gasteiger partial charge in [0.1, 0.15) is 0 Å². The van der Waals surface area contributed by atoms with Gasteiger partial charge in [-0.05, 0) is 56.5 Å². The van der Waals surface area contributed by atoms with Crippen molar-refractivity contribution in [1.29, 1.82) is 0 Å². The summed E-state index contributed by atoms with van der Waals surface area (Å²) in [6.45, 7) is 4.03. The molecular weight excluding hydrogens is 404 g/mol. The highest BCUT2D eigenvalue weighted by molar-refractivity contribution is 5.93. The second-order valence-electron chi connectivity index (χ2n) is 8.97. The van der Waals surface area contributed by atoms with E-state index in [1.54, 1.807) is 12.1 Å². The summed E-state index contributed by atoms with van der Waals surface area (Å²) in [5, 5.41) is 0. The molecule has 2 aromatic rings. The Kier molecular flexibility index (Phi) is 6.69. The lowest BCUT2D eigenvalue weighted by atomic mass is 9.89. The van der Waals surface area contributed by atoms with E-state index >= 15 is 0 Å². The molecule has 2 aliphatic rings. The van der Waals surface area contributed by atoms with Crippen molar-refractivity contribution in [2.24, 2.45) is 5.73 Å². The minimum Gasteiger partial charge on any atom is -0.366 e. The Balaban J connectivity index is 1.60. The Morgan fingerprint density at radius 2 is 1.81 bits per heavy atom. The van der Waals surface area contributed by atoms with E-state index in [2.05, 4.69) is 9.88 Å². The van der Waals surface area contributed by atoms with Crippen LogP contribution < -0.4 is 10.6 Å². The van der Waals surface area contributed by atoms with Gasteiger partial charge in [-0.3, -0.25) is 14.5 Å². The lowest BCUT2D eigenvalue weighted by Crippen LogP contribution is -2.44. The van der Waals surface area contributed by atoms with Crippen LogP contribution in [0, 0.1) is 0 Å². The molecule has 2 fully saturated rings. The predicted molar refractivity (Wildman–Crippen MR) is 125 cm³/mol. The van der Waals surface area contributed by atoms with E-state index < -0.39 is 5.91 Å². The lowest BCUT2D eigenvalue weighted by molar-refractivity contribution is -0.133. The molecule has 0 aliphatic carbocycles. The number of piperidine rings is 1. The maximum absolute atomic E-state index is 13.0. The molecule has 2 aliphatic heterocycles. The normalized spacial score (nSPS) is 19.2. The second-order valence-corrected chi connectivity index (χ2v) is 8.97. The van der Waals surface area contributed by atoms with Gasteiger partial charge in [-0.1, -0.05) is 12.1 Å². The summed E-state index contributed by atoms with van der Waals surface area (Å²) in [6, 6.07) is 7.23. The molecule has 32 heavy (non-hydrogen) atoms. The topological polar surface area (TPSA) is 95.7 Å². The average molecular weight is 437 g/mol. The Morgan fingerprint density at radius 3 is 2.47 bits per heavy atom. The predicted octanol–water partition coefficient (Wildman–Crippen LogP) is 2.11. The van der Waals surface area contributed by atoms with Crippen molar-refractivity contribution in [2.45, 2.75) is 31.6 Å². The smallest absolute Gasteiger partial charge is 0.248 e. The van der Waals surface area contributed by atoms with Crippen LogP contribution >= 0.6 is 0 Å². The van der Waals surface area contributed by atoms with Crippen molar-refractivity contribution in [2.75, 3.05) is 51.7 Å². The molecule has 0 spiro atoms. The van der Waals surface area contributed by atoms with Crippen molar-refractivity contribution >= 4 is 17.8 Å². The van der Waals surface area contributed by atoms with Crippen LogP contribution in [0.1, 0.15) is 47.7 Å². The van der Waals surface area contributed by atoms with Crippen LogP contribution in [0.15, 0.2) is 30.5 Å². The van der Waals surface area contributed by atoms with Gasteiger partial charge in [-0.2, -0.15) is 0 Å². The zero-order valence-electron chi connectivity index (χ0n) is 19.0. The fraction of sp³-hybridized carbons (Fsp3) is 0.500. The summed E-state index contributed by atoms with van der Waals surface area (Å²) in [7, 11) is 3.85. The van der Waals surface area contributed by atoms with E-state index in [-0.39, 0.29) is 11.8 Å². The molecule has 4 rings (SSSR count). The maximum Gasteiger partial charge on any atom is 0.248 e. The van der Waals surface area contributed by atoms with Crippen molar-refractivity contribution in [3.8, 4) is 11.1 Å². The van der Waals surface area contributed by atoms with Gasteiger partial charge >= 0.3 is 0 Å². The highest BCUT2D eigenvalue weighted by Gasteiger charge is 2.29. The van der Waals surface area contributed by atoms with Gasteiger partial charge in [0, 0.05) is 50.4 Å². The summed E-state index contributed by atoms with van der Waals surface area (Å²) in [4.78, 5) is 40.0. The molecule has 2 saturated heterocycles. The number of aromatic nitrogens is 2. The van der Waals surface area contributed by atoms with E-state index in [9.17, 15) is 9.59 Å². The first-order valence-corrected chi connectivity index (χ1v) is 11.4. The lowest BCUT2D eigenvalue weighted by Gasteiger charge is -2.34.